The highest BCUT2D eigenvalue weighted by Gasteiger charge is 2.20. The van der Waals surface area contributed by atoms with Crippen molar-refractivity contribution in [2.75, 3.05) is 18.5 Å². The average Bonchev–Trinajstić information content (AvgIpc) is 2.74. The number of carbonyl (C=O) groups is 2. The maximum Gasteiger partial charge on any atom is 0.258 e. The van der Waals surface area contributed by atoms with Gasteiger partial charge in [-0.05, 0) is 49.2 Å². The topological polar surface area (TPSA) is 86.4 Å². The highest BCUT2D eigenvalue weighted by molar-refractivity contribution is 5.96. The number of aromatic amines is 1. The number of para-hydroxylation sites is 1. The molecule has 1 saturated heterocycles. The lowest BCUT2D eigenvalue weighted by atomic mass is 10.1. The van der Waals surface area contributed by atoms with Gasteiger partial charge in [0.05, 0.1) is 17.4 Å². The van der Waals surface area contributed by atoms with E-state index >= 15 is 0 Å². The van der Waals surface area contributed by atoms with Gasteiger partial charge in [0.25, 0.3) is 11.5 Å². The molecule has 1 fully saturated rings. The molecule has 2 aromatic carbocycles. The molecule has 29 heavy (non-hydrogen) atoms. The molecule has 148 valence electrons. The molecular formula is C22H22N4O3. The van der Waals surface area contributed by atoms with Crippen molar-refractivity contribution in [3.8, 4) is 0 Å². The lowest BCUT2D eigenvalue weighted by Gasteiger charge is -2.27. The van der Waals surface area contributed by atoms with Crippen LogP contribution in [0.4, 0.5) is 5.69 Å². The molecule has 7 heteroatoms. The monoisotopic (exact) mass is 390 g/mol. The van der Waals surface area contributed by atoms with Gasteiger partial charge in [-0.15, -0.1) is 0 Å². The van der Waals surface area contributed by atoms with E-state index in [-0.39, 0.29) is 23.9 Å². The van der Waals surface area contributed by atoms with Gasteiger partial charge in [0.1, 0.15) is 5.82 Å². The second-order valence-corrected chi connectivity index (χ2v) is 7.24. The van der Waals surface area contributed by atoms with Gasteiger partial charge < -0.3 is 14.8 Å². The molecule has 1 aliphatic heterocycles. The van der Waals surface area contributed by atoms with Gasteiger partial charge >= 0.3 is 0 Å². The molecule has 7 nitrogen and oxygen atoms in total. The fourth-order valence-corrected chi connectivity index (χ4v) is 3.59. The Morgan fingerprint density at radius 1 is 1.10 bits per heavy atom. The normalized spacial score (nSPS) is 14.2. The van der Waals surface area contributed by atoms with E-state index in [9.17, 15) is 14.4 Å². The molecule has 0 bridgehead atoms. The molecule has 0 spiro atoms. The number of aromatic nitrogens is 2. The maximum atomic E-state index is 12.8. The molecule has 2 heterocycles. The van der Waals surface area contributed by atoms with E-state index in [1.165, 1.54) is 4.90 Å². The van der Waals surface area contributed by atoms with E-state index in [4.69, 9.17) is 0 Å². The van der Waals surface area contributed by atoms with Gasteiger partial charge in [0.15, 0.2) is 0 Å². The molecule has 0 aliphatic carbocycles. The van der Waals surface area contributed by atoms with Crippen molar-refractivity contribution in [2.45, 2.75) is 25.8 Å². The van der Waals surface area contributed by atoms with Crippen LogP contribution in [0.1, 0.15) is 35.4 Å². The molecule has 0 unspecified atom stereocenters. The molecule has 0 saturated carbocycles. The number of anilines is 1. The van der Waals surface area contributed by atoms with Crippen LogP contribution in [0.25, 0.3) is 10.9 Å². The summed E-state index contributed by atoms with van der Waals surface area (Å²) in [5.41, 5.74) is 1.71. The quantitative estimate of drug-likeness (QED) is 0.742. The van der Waals surface area contributed by atoms with E-state index in [2.05, 4.69) is 9.97 Å². The van der Waals surface area contributed by atoms with Crippen molar-refractivity contribution in [3.63, 3.8) is 0 Å². The van der Waals surface area contributed by atoms with E-state index in [0.29, 0.717) is 35.3 Å². The standard InChI is InChI=1S/C22H22N4O3/c1-25(14-19-23-18-7-3-2-6-17(18)21(28)24-19)22(29)15-9-11-16(12-10-15)26-13-5-4-8-20(26)27/h2-3,6-7,9-12H,4-5,8,13-14H2,1H3,(H,23,24,28). The third kappa shape index (κ3) is 3.89. The lowest BCUT2D eigenvalue weighted by Crippen LogP contribution is -2.35. The highest BCUT2D eigenvalue weighted by Crippen LogP contribution is 2.21. The molecule has 1 aliphatic rings. The number of piperidine rings is 1. The fraction of sp³-hybridized carbons (Fsp3) is 0.273. The molecular weight excluding hydrogens is 368 g/mol. The number of H-pyrrole nitrogens is 1. The Balaban J connectivity index is 1.49. The Labute approximate surface area is 168 Å². The smallest absolute Gasteiger partial charge is 0.258 e. The first kappa shape index (κ1) is 18.9. The third-order valence-electron chi connectivity index (χ3n) is 5.14. The van der Waals surface area contributed by atoms with Gasteiger partial charge in [0, 0.05) is 31.3 Å². The second-order valence-electron chi connectivity index (χ2n) is 7.24. The minimum atomic E-state index is -0.220. The minimum absolute atomic E-state index is 0.124. The van der Waals surface area contributed by atoms with Gasteiger partial charge in [-0.25, -0.2) is 4.98 Å². The number of nitrogens with one attached hydrogen (secondary N) is 1. The fourth-order valence-electron chi connectivity index (χ4n) is 3.59. The van der Waals surface area contributed by atoms with Crippen molar-refractivity contribution in [3.05, 3.63) is 70.3 Å². The summed E-state index contributed by atoms with van der Waals surface area (Å²) in [5.74, 6) is 0.371. The van der Waals surface area contributed by atoms with Gasteiger partial charge in [-0.2, -0.15) is 0 Å². The Morgan fingerprint density at radius 3 is 2.62 bits per heavy atom. The predicted octanol–water partition coefficient (Wildman–Crippen LogP) is 2.71. The van der Waals surface area contributed by atoms with E-state index in [1.54, 1.807) is 54.4 Å². The number of nitrogens with zero attached hydrogens (tertiary/aromatic N) is 3. The summed E-state index contributed by atoms with van der Waals surface area (Å²) in [6, 6.07) is 14.2. The molecule has 0 atom stereocenters. The summed E-state index contributed by atoms with van der Waals surface area (Å²) >= 11 is 0. The van der Waals surface area contributed by atoms with Gasteiger partial charge in [-0.1, -0.05) is 12.1 Å². The Morgan fingerprint density at radius 2 is 1.86 bits per heavy atom. The number of benzene rings is 2. The number of hydrogen-bond acceptors (Lipinski definition) is 4. The number of rotatable bonds is 4. The number of carbonyl (C=O) groups excluding carboxylic acids is 2. The summed E-state index contributed by atoms with van der Waals surface area (Å²) < 4.78 is 0. The lowest BCUT2D eigenvalue weighted by molar-refractivity contribution is -0.119. The van der Waals surface area contributed by atoms with E-state index in [1.807, 2.05) is 6.07 Å². The van der Waals surface area contributed by atoms with Crippen molar-refractivity contribution >= 4 is 28.4 Å². The first-order chi connectivity index (χ1) is 14.0. The van der Waals surface area contributed by atoms with Crippen LogP contribution in [-0.4, -0.2) is 40.3 Å². The molecule has 3 aromatic rings. The van der Waals surface area contributed by atoms with Crippen LogP contribution >= 0.6 is 0 Å². The Kier molecular flexibility index (Phi) is 5.12. The molecule has 1 N–H and O–H groups in total. The molecule has 0 radical (unpaired) electrons. The van der Waals surface area contributed by atoms with Crippen molar-refractivity contribution in [1.29, 1.82) is 0 Å². The summed E-state index contributed by atoms with van der Waals surface area (Å²) in [5, 5.41) is 0.521. The number of hydrogen-bond donors (Lipinski definition) is 1. The summed E-state index contributed by atoms with van der Waals surface area (Å²) in [4.78, 5) is 47.5. The second kappa shape index (κ2) is 7.87. The van der Waals surface area contributed by atoms with Crippen LogP contribution in [0.15, 0.2) is 53.3 Å². The van der Waals surface area contributed by atoms with E-state index in [0.717, 1.165) is 18.5 Å². The predicted molar refractivity (Wildman–Crippen MR) is 111 cm³/mol. The van der Waals surface area contributed by atoms with Crippen LogP contribution in [0.5, 0.6) is 0 Å². The summed E-state index contributed by atoms with van der Waals surface area (Å²) in [6.45, 7) is 0.901. The largest absolute Gasteiger partial charge is 0.334 e. The average molecular weight is 390 g/mol. The van der Waals surface area contributed by atoms with Crippen LogP contribution in [0.3, 0.4) is 0 Å². The van der Waals surface area contributed by atoms with Crippen molar-refractivity contribution in [1.82, 2.24) is 14.9 Å². The van der Waals surface area contributed by atoms with Gasteiger partial charge in [0.2, 0.25) is 5.91 Å². The molecule has 2 amide bonds. The number of amides is 2. The molecule has 1 aromatic heterocycles. The van der Waals surface area contributed by atoms with Gasteiger partial charge in [-0.3, -0.25) is 14.4 Å². The SMILES string of the molecule is CN(Cc1nc2ccccc2c(=O)[nH]1)C(=O)c1ccc(N2CCCCC2=O)cc1. The van der Waals surface area contributed by atoms with Crippen LogP contribution in [-0.2, 0) is 11.3 Å². The maximum absolute atomic E-state index is 12.8. The summed E-state index contributed by atoms with van der Waals surface area (Å²) in [7, 11) is 1.67. The third-order valence-corrected chi connectivity index (χ3v) is 5.14. The zero-order chi connectivity index (χ0) is 20.4. The first-order valence-corrected chi connectivity index (χ1v) is 9.67. The van der Waals surface area contributed by atoms with Crippen LogP contribution in [0, 0.1) is 0 Å². The van der Waals surface area contributed by atoms with Crippen LogP contribution < -0.4 is 10.5 Å². The highest BCUT2D eigenvalue weighted by atomic mass is 16.2. The van der Waals surface area contributed by atoms with Crippen molar-refractivity contribution in [2.24, 2.45) is 0 Å². The van der Waals surface area contributed by atoms with Crippen LogP contribution in [0.2, 0.25) is 0 Å². The molecule has 4 rings (SSSR count). The Hall–Kier alpha value is -3.48. The zero-order valence-electron chi connectivity index (χ0n) is 16.2. The Bertz CT molecular complexity index is 1120. The summed E-state index contributed by atoms with van der Waals surface area (Å²) in [6.07, 6.45) is 2.49. The zero-order valence-corrected chi connectivity index (χ0v) is 16.2. The first-order valence-electron chi connectivity index (χ1n) is 9.67. The number of fused-ring (bicyclic) bond motifs is 1. The van der Waals surface area contributed by atoms with Crippen molar-refractivity contribution < 1.29 is 9.59 Å². The van der Waals surface area contributed by atoms with E-state index < -0.39 is 0 Å². The minimum Gasteiger partial charge on any atom is -0.334 e.